The molecule has 0 aliphatic carbocycles. The molecule has 2 aromatic rings. The van der Waals surface area contributed by atoms with E-state index in [-0.39, 0.29) is 5.39 Å². The van der Waals surface area contributed by atoms with E-state index in [0.717, 1.165) is 0 Å². The average molecular weight is 216 g/mol. The van der Waals surface area contributed by atoms with E-state index in [1.54, 1.807) is 18.4 Å². The molecule has 13 heavy (non-hydrogen) atoms. The molecule has 2 rings (SSSR count). The fourth-order valence-corrected chi connectivity index (χ4v) is 2.89. The first-order valence-electron chi connectivity index (χ1n) is 3.64. The van der Waals surface area contributed by atoms with E-state index in [2.05, 4.69) is 0 Å². The van der Waals surface area contributed by atoms with E-state index in [0.29, 0.717) is 8.91 Å². The van der Waals surface area contributed by atoms with E-state index in [4.69, 9.17) is 0 Å². The molecule has 0 bridgehead atoms. The van der Waals surface area contributed by atoms with Crippen molar-refractivity contribution in [2.45, 2.75) is 4.21 Å². The Morgan fingerprint density at radius 2 is 2.08 bits per heavy atom. The molecular formula is C9H6F2S2. The van der Waals surface area contributed by atoms with Crippen LogP contribution in [0.1, 0.15) is 0 Å². The lowest BCUT2D eigenvalue weighted by Crippen LogP contribution is -1.77. The molecule has 0 aliphatic heterocycles. The Kier molecular flexibility index (Phi) is 2.26. The van der Waals surface area contributed by atoms with Gasteiger partial charge < -0.3 is 0 Å². The lowest BCUT2D eigenvalue weighted by atomic mass is 10.2. The molecule has 0 saturated heterocycles. The minimum atomic E-state index is -0.480. The quantitative estimate of drug-likeness (QED) is 0.651. The van der Waals surface area contributed by atoms with Crippen LogP contribution in [0.5, 0.6) is 0 Å². The van der Waals surface area contributed by atoms with E-state index in [1.807, 2.05) is 0 Å². The van der Waals surface area contributed by atoms with Gasteiger partial charge in [-0.05, 0) is 18.4 Å². The Morgan fingerprint density at radius 1 is 1.31 bits per heavy atom. The van der Waals surface area contributed by atoms with Crippen molar-refractivity contribution in [1.82, 2.24) is 0 Å². The van der Waals surface area contributed by atoms with Gasteiger partial charge in [-0.2, -0.15) is 0 Å². The normalized spacial score (nSPS) is 11.0. The summed E-state index contributed by atoms with van der Waals surface area (Å²) < 4.78 is 27.8. The molecule has 68 valence electrons. The van der Waals surface area contributed by atoms with Crippen LogP contribution in [-0.2, 0) is 0 Å². The number of thiophene rings is 1. The highest BCUT2D eigenvalue weighted by Gasteiger charge is 2.13. The van der Waals surface area contributed by atoms with E-state index in [9.17, 15) is 8.78 Å². The Hall–Kier alpha value is -0.610. The summed E-state index contributed by atoms with van der Waals surface area (Å²) in [6.45, 7) is 0. The molecule has 0 atom stereocenters. The van der Waals surface area contributed by atoms with Crippen molar-refractivity contribution in [3.63, 3.8) is 0 Å². The van der Waals surface area contributed by atoms with Crippen LogP contribution in [0.4, 0.5) is 8.78 Å². The Bertz CT molecular complexity index is 448. The zero-order valence-electron chi connectivity index (χ0n) is 6.80. The zero-order valence-corrected chi connectivity index (χ0v) is 8.44. The molecule has 0 radical (unpaired) electrons. The first kappa shape index (κ1) is 8.97. The number of fused-ring (bicyclic) bond motifs is 1. The number of benzene rings is 1. The molecule has 0 spiro atoms. The van der Waals surface area contributed by atoms with Gasteiger partial charge >= 0.3 is 0 Å². The van der Waals surface area contributed by atoms with Crippen molar-refractivity contribution in [1.29, 1.82) is 0 Å². The molecule has 0 aliphatic rings. The highest BCUT2D eigenvalue weighted by molar-refractivity contribution is 8.00. The minimum absolute atomic E-state index is 0.122. The molecular weight excluding hydrogens is 210 g/mol. The van der Waals surface area contributed by atoms with Gasteiger partial charge in [0.1, 0.15) is 5.82 Å². The molecule has 1 aromatic carbocycles. The highest BCUT2D eigenvalue weighted by Crippen LogP contribution is 2.36. The third-order valence-corrected chi connectivity index (χ3v) is 3.99. The minimum Gasteiger partial charge on any atom is -0.206 e. The van der Waals surface area contributed by atoms with Crippen LogP contribution in [0, 0.1) is 11.6 Å². The van der Waals surface area contributed by atoms with E-state index < -0.39 is 11.6 Å². The highest BCUT2D eigenvalue weighted by atomic mass is 32.2. The Balaban J connectivity index is 2.85. The third kappa shape index (κ3) is 1.34. The van der Waals surface area contributed by atoms with Gasteiger partial charge in [0, 0.05) is 4.70 Å². The van der Waals surface area contributed by atoms with Gasteiger partial charge in [-0.1, -0.05) is 6.07 Å². The van der Waals surface area contributed by atoms with Gasteiger partial charge in [-0.25, -0.2) is 8.78 Å². The van der Waals surface area contributed by atoms with Crippen LogP contribution >= 0.6 is 23.1 Å². The lowest BCUT2D eigenvalue weighted by Gasteiger charge is -1.90. The van der Waals surface area contributed by atoms with Gasteiger partial charge in [-0.15, -0.1) is 23.1 Å². The molecule has 0 amide bonds. The average Bonchev–Trinajstić information content (AvgIpc) is 2.44. The van der Waals surface area contributed by atoms with Crippen LogP contribution in [-0.4, -0.2) is 6.26 Å². The number of thioether (sulfide) groups is 1. The number of hydrogen-bond acceptors (Lipinski definition) is 2. The van der Waals surface area contributed by atoms with Gasteiger partial charge in [0.05, 0.1) is 9.60 Å². The predicted octanol–water partition coefficient (Wildman–Crippen LogP) is 3.90. The van der Waals surface area contributed by atoms with E-state index >= 15 is 0 Å². The van der Waals surface area contributed by atoms with Crippen molar-refractivity contribution in [2.24, 2.45) is 0 Å². The van der Waals surface area contributed by atoms with Crippen molar-refractivity contribution in [3.05, 3.63) is 29.8 Å². The molecule has 0 N–H and O–H groups in total. The Labute approximate surface area is 82.6 Å². The predicted molar refractivity (Wildman–Crippen MR) is 53.5 cm³/mol. The van der Waals surface area contributed by atoms with Gasteiger partial charge in [0.2, 0.25) is 0 Å². The molecule has 0 saturated carbocycles. The summed E-state index contributed by atoms with van der Waals surface area (Å²) in [4.78, 5) is 0. The van der Waals surface area contributed by atoms with Crippen LogP contribution in [0.2, 0.25) is 0 Å². The second-order valence-electron chi connectivity index (χ2n) is 2.52. The van der Waals surface area contributed by atoms with Gasteiger partial charge in [-0.3, -0.25) is 0 Å². The summed E-state index contributed by atoms with van der Waals surface area (Å²) in [6, 6.07) is 4.60. The molecule has 1 heterocycles. The molecule has 0 fully saturated rings. The summed E-state index contributed by atoms with van der Waals surface area (Å²) in [5.74, 6) is -0.905. The number of rotatable bonds is 1. The molecule has 0 unspecified atom stereocenters. The summed E-state index contributed by atoms with van der Waals surface area (Å²) in [7, 11) is 0. The molecule has 1 aromatic heterocycles. The van der Waals surface area contributed by atoms with Crippen LogP contribution in [0.25, 0.3) is 10.1 Å². The lowest BCUT2D eigenvalue weighted by molar-refractivity contribution is 0.599. The molecule has 4 heteroatoms. The van der Waals surface area contributed by atoms with Crippen molar-refractivity contribution in [2.75, 3.05) is 6.26 Å². The number of halogens is 2. The second kappa shape index (κ2) is 3.27. The summed E-state index contributed by atoms with van der Waals surface area (Å²) in [6.07, 6.45) is 1.78. The fraction of sp³-hybridized carbons (Fsp3) is 0.111. The first-order valence-corrected chi connectivity index (χ1v) is 5.68. The van der Waals surface area contributed by atoms with Crippen molar-refractivity contribution < 1.29 is 8.78 Å². The van der Waals surface area contributed by atoms with Gasteiger partial charge in [0.15, 0.2) is 5.82 Å². The Morgan fingerprint density at radius 3 is 2.69 bits per heavy atom. The topological polar surface area (TPSA) is 0 Å². The monoisotopic (exact) mass is 216 g/mol. The van der Waals surface area contributed by atoms with Gasteiger partial charge in [0.25, 0.3) is 0 Å². The second-order valence-corrected chi connectivity index (χ2v) is 4.65. The van der Waals surface area contributed by atoms with Crippen LogP contribution < -0.4 is 0 Å². The summed E-state index contributed by atoms with van der Waals surface area (Å²) >= 11 is 2.59. The summed E-state index contributed by atoms with van der Waals surface area (Å²) in [5, 5.41) is 0.122. The largest absolute Gasteiger partial charge is 0.206 e. The maximum absolute atomic E-state index is 13.4. The maximum Gasteiger partial charge on any atom is 0.158 e. The SMILES string of the molecule is CSc1sc2cccc(F)c2c1F. The standard InChI is InChI=1S/C9H6F2S2/c1-12-9-8(11)7-5(10)3-2-4-6(7)13-9/h2-4H,1H3. The maximum atomic E-state index is 13.4. The summed E-state index contributed by atoms with van der Waals surface area (Å²) in [5.41, 5.74) is 0. The fourth-order valence-electron chi connectivity index (χ4n) is 1.18. The zero-order chi connectivity index (χ0) is 9.42. The van der Waals surface area contributed by atoms with E-state index in [1.165, 1.54) is 29.2 Å². The third-order valence-electron chi connectivity index (χ3n) is 1.76. The number of hydrogen-bond donors (Lipinski definition) is 0. The van der Waals surface area contributed by atoms with Crippen molar-refractivity contribution >= 4 is 33.2 Å². The van der Waals surface area contributed by atoms with Crippen LogP contribution in [0.15, 0.2) is 22.4 Å². The van der Waals surface area contributed by atoms with Crippen molar-refractivity contribution in [3.8, 4) is 0 Å². The van der Waals surface area contributed by atoms with Crippen LogP contribution in [0.3, 0.4) is 0 Å². The first-order chi connectivity index (χ1) is 6.24. The smallest absolute Gasteiger partial charge is 0.158 e. The molecule has 0 nitrogen and oxygen atoms in total.